The van der Waals surface area contributed by atoms with E-state index in [1.165, 1.54) is 0 Å². The van der Waals surface area contributed by atoms with Crippen LogP contribution in [0.2, 0.25) is 0 Å². The maximum Gasteiger partial charge on any atom is 0.194 e. The van der Waals surface area contributed by atoms with Gasteiger partial charge in [0.2, 0.25) is 0 Å². The summed E-state index contributed by atoms with van der Waals surface area (Å²) in [5, 5.41) is 13.8. The van der Waals surface area contributed by atoms with E-state index in [0.29, 0.717) is 17.7 Å². The highest BCUT2D eigenvalue weighted by Crippen LogP contribution is 2.45. The predicted molar refractivity (Wildman–Crippen MR) is 47.6 cm³/mol. The van der Waals surface area contributed by atoms with Gasteiger partial charge in [-0.3, -0.25) is 0 Å². The van der Waals surface area contributed by atoms with Gasteiger partial charge < -0.3 is 5.73 Å². The second-order valence-electron chi connectivity index (χ2n) is 4.30. The lowest BCUT2D eigenvalue weighted by molar-refractivity contribution is 0.0969. The summed E-state index contributed by atoms with van der Waals surface area (Å²) in [6.07, 6.45) is 1.95. The van der Waals surface area contributed by atoms with Crippen molar-refractivity contribution >= 4 is 0 Å². The predicted octanol–water partition coefficient (Wildman–Crippen LogP) is 0.420. The molecule has 13 heavy (non-hydrogen) atoms. The number of nitrogens with zero attached hydrogens (tertiary/aromatic N) is 3. The van der Waals surface area contributed by atoms with Crippen LogP contribution in [0, 0.1) is 11.8 Å². The van der Waals surface area contributed by atoms with Crippen molar-refractivity contribution in [2.24, 2.45) is 17.6 Å². The first kappa shape index (κ1) is 8.62. The molecule has 0 bridgehead atoms. The van der Waals surface area contributed by atoms with E-state index in [1.54, 1.807) is 0 Å². The number of nitrogens with two attached hydrogens (primary N) is 1. The first-order valence-corrected chi connectivity index (χ1v) is 4.64. The summed E-state index contributed by atoms with van der Waals surface area (Å²) in [5.41, 5.74) is 5.79. The quantitative estimate of drug-likeness (QED) is 0.693. The lowest BCUT2D eigenvalue weighted by Gasteiger charge is -2.44. The Labute approximate surface area is 77.1 Å². The first-order valence-electron chi connectivity index (χ1n) is 4.64. The van der Waals surface area contributed by atoms with Gasteiger partial charge in [-0.25, -0.2) is 0 Å². The standard InChI is InChI=1S/C8H15N5/c1-5(2)6-3-8(9,4-6)7-10-12-13-11-7/h5-6H,3-4,9H2,1-2H3,(H,10,11,12,13). The van der Waals surface area contributed by atoms with Crippen LogP contribution >= 0.6 is 0 Å². The fraction of sp³-hybridized carbons (Fsp3) is 0.875. The molecule has 0 atom stereocenters. The monoisotopic (exact) mass is 181 g/mol. The van der Waals surface area contributed by atoms with Gasteiger partial charge in [0.15, 0.2) is 5.82 Å². The third-order valence-corrected chi connectivity index (χ3v) is 2.99. The second-order valence-corrected chi connectivity index (χ2v) is 4.30. The van der Waals surface area contributed by atoms with Crippen molar-refractivity contribution in [2.45, 2.75) is 32.2 Å². The summed E-state index contributed by atoms with van der Waals surface area (Å²) >= 11 is 0. The van der Waals surface area contributed by atoms with E-state index in [1.807, 2.05) is 0 Å². The number of hydrogen-bond acceptors (Lipinski definition) is 4. The van der Waals surface area contributed by atoms with Gasteiger partial charge in [-0.1, -0.05) is 19.1 Å². The van der Waals surface area contributed by atoms with Crippen molar-refractivity contribution in [3.63, 3.8) is 0 Å². The van der Waals surface area contributed by atoms with Crippen LogP contribution in [0.3, 0.4) is 0 Å². The van der Waals surface area contributed by atoms with E-state index in [-0.39, 0.29) is 5.54 Å². The molecule has 0 saturated heterocycles. The molecule has 72 valence electrons. The van der Waals surface area contributed by atoms with E-state index >= 15 is 0 Å². The maximum atomic E-state index is 6.11. The summed E-state index contributed by atoms with van der Waals surface area (Å²) in [7, 11) is 0. The number of aromatic nitrogens is 4. The number of nitrogens with one attached hydrogen (secondary N) is 1. The van der Waals surface area contributed by atoms with Gasteiger partial charge in [-0.15, -0.1) is 10.2 Å². The fourth-order valence-electron chi connectivity index (χ4n) is 1.90. The number of aromatic amines is 1. The molecule has 1 aliphatic rings. The molecule has 1 aliphatic carbocycles. The molecule has 1 aromatic heterocycles. The molecule has 5 heteroatoms. The van der Waals surface area contributed by atoms with Gasteiger partial charge >= 0.3 is 0 Å². The van der Waals surface area contributed by atoms with Crippen LogP contribution in [0.15, 0.2) is 0 Å². The molecule has 0 unspecified atom stereocenters. The third-order valence-electron chi connectivity index (χ3n) is 2.99. The molecule has 0 aliphatic heterocycles. The van der Waals surface area contributed by atoms with Crippen LogP contribution < -0.4 is 5.73 Å². The molecular weight excluding hydrogens is 166 g/mol. The average Bonchev–Trinajstić information content (AvgIpc) is 2.49. The summed E-state index contributed by atoms with van der Waals surface area (Å²) < 4.78 is 0. The van der Waals surface area contributed by atoms with Crippen LogP contribution in [0.25, 0.3) is 0 Å². The van der Waals surface area contributed by atoms with E-state index in [0.717, 1.165) is 12.8 Å². The Hall–Kier alpha value is -0.970. The van der Waals surface area contributed by atoms with E-state index < -0.39 is 0 Å². The summed E-state index contributed by atoms with van der Waals surface area (Å²) in [4.78, 5) is 0. The van der Waals surface area contributed by atoms with Crippen molar-refractivity contribution in [1.29, 1.82) is 0 Å². The molecular formula is C8H15N5. The Balaban J connectivity index is 2.04. The van der Waals surface area contributed by atoms with Gasteiger partial charge in [0.05, 0.1) is 5.54 Å². The van der Waals surface area contributed by atoms with E-state index in [4.69, 9.17) is 5.73 Å². The smallest absolute Gasteiger partial charge is 0.194 e. The zero-order valence-corrected chi connectivity index (χ0v) is 7.99. The highest BCUT2D eigenvalue weighted by molar-refractivity contribution is 5.09. The fourth-order valence-corrected chi connectivity index (χ4v) is 1.90. The molecule has 0 spiro atoms. The number of H-pyrrole nitrogens is 1. The van der Waals surface area contributed by atoms with Gasteiger partial charge in [0, 0.05) is 0 Å². The SMILES string of the molecule is CC(C)C1CC(N)(c2nn[nH]n2)C1. The van der Waals surface area contributed by atoms with Crippen molar-refractivity contribution in [3.8, 4) is 0 Å². The molecule has 1 aromatic rings. The molecule has 2 rings (SSSR count). The van der Waals surface area contributed by atoms with Crippen molar-refractivity contribution in [2.75, 3.05) is 0 Å². The van der Waals surface area contributed by atoms with Crippen LogP contribution in [-0.2, 0) is 5.54 Å². The molecule has 1 saturated carbocycles. The van der Waals surface area contributed by atoms with Crippen LogP contribution in [0.4, 0.5) is 0 Å². The molecule has 1 fully saturated rings. The van der Waals surface area contributed by atoms with Crippen molar-refractivity contribution in [1.82, 2.24) is 20.6 Å². The van der Waals surface area contributed by atoms with Crippen molar-refractivity contribution in [3.05, 3.63) is 5.82 Å². The Kier molecular flexibility index (Phi) is 1.83. The number of hydrogen-bond donors (Lipinski definition) is 2. The molecule has 0 aromatic carbocycles. The normalized spacial score (nSPS) is 33.4. The lowest BCUT2D eigenvalue weighted by Crippen LogP contribution is -2.51. The lowest BCUT2D eigenvalue weighted by atomic mass is 9.64. The maximum absolute atomic E-state index is 6.11. The second kappa shape index (κ2) is 2.77. The van der Waals surface area contributed by atoms with Gasteiger partial charge in [-0.05, 0) is 24.7 Å². The number of tetrazole rings is 1. The Morgan fingerprint density at radius 3 is 2.69 bits per heavy atom. The Morgan fingerprint density at radius 2 is 2.23 bits per heavy atom. The minimum atomic E-state index is -0.318. The summed E-state index contributed by atoms with van der Waals surface area (Å²) in [6, 6.07) is 0. The van der Waals surface area contributed by atoms with Gasteiger partial charge in [-0.2, -0.15) is 5.21 Å². The average molecular weight is 181 g/mol. The molecule has 3 N–H and O–H groups in total. The van der Waals surface area contributed by atoms with Crippen molar-refractivity contribution < 1.29 is 0 Å². The van der Waals surface area contributed by atoms with Crippen LogP contribution in [0.5, 0.6) is 0 Å². The largest absolute Gasteiger partial charge is 0.319 e. The minimum Gasteiger partial charge on any atom is -0.319 e. The first-order chi connectivity index (χ1) is 6.12. The highest BCUT2D eigenvalue weighted by atomic mass is 15.5. The van der Waals surface area contributed by atoms with Gasteiger partial charge in [0.1, 0.15) is 0 Å². The zero-order chi connectivity index (χ0) is 9.47. The molecule has 1 heterocycles. The van der Waals surface area contributed by atoms with Crippen LogP contribution in [0.1, 0.15) is 32.5 Å². The molecule has 0 radical (unpaired) electrons. The zero-order valence-electron chi connectivity index (χ0n) is 7.99. The van der Waals surface area contributed by atoms with E-state index in [9.17, 15) is 0 Å². The van der Waals surface area contributed by atoms with Crippen LogP contribution in [-0.4, -0.2) is 20.6 Å². The Morgan fingerprint density at radius 1 is 1.54 bits per heavy atom. The molecule has 0 amide bonds. The topological polar surface area (TPSA) is 80.5 Å². The van der Waals surface area contributed by atoms with E-state index in [2.05, 4.69) is 34.5 Å². The number of rotatable bonds is 2. The Bertz CT molecular complexity index is 273. The van der Waals surface area contributed by atoms with Gasteiger partial charge in [0.25, 0.3) is 0 Å². The minimum absolute atomic E-state index is 0.318. The summed E-state index contributed by atoms with van der Waals surface area (Å²) in [6.45, 7) is 4.45. The highest BCUT2D eigenvalue weighted by Gasteiger charge is 2.46. The third kappa shape index (κ3) is 1.33. The summed E-state index contributed by atoms with van der Waals surface area (Å²) in [5.74, 6) is 2.07. The molecule has 5 nitrogen and oxygen atoms in total.